The standard InChI is InChI=1S/C21H21F3N4O3/c22-15-4-1-3-13(9-15)20(30)27-7-2-8-28(19(27)18(29)26-6-5-25)21(31)14-10-16(23)12-17(24)11-14/h1,3-4,9-12,19H,2,5-8,25H2,(H,26,29). The molecule has 0 spiro atoms. The smallest absolute Gasteiger partial charge is 0.263 e. The molecule has 1 aliphatic heterocycles. The summed E-state index contributed by atoms with van der Waals surface area (Å²) in [5.41, 5.74) is 5.13. The Morgan fingerprint density at radius 3 is 2.06 bits per heavy atom. The number of benzene rings is 2. The van der Waals surface area contributed by atoms with Crippen molar-refractivity contribution in [2.45, 2.75) is 12.6 Å². The van der Waals surface area contributed by atoms with Gasteiger partial charge in [-0.25, -0.2) is 13.2 Å². The summed E-state index contributed by atoms with van der Waals surface area (Å²) in [7, 11) is 0. The largest absolute Gasteiger partial charge is 0.351 e. The maximum absolute atomic E-state index is 13.6. The maximum Gasteiger partial charge on any atom is 0.263 e. The van der Waals surface area contributed by atoms with Crippen molar-refractivity contribution < 1.29 is 27.6 Å². The van der Waals surface area contributed by atoms with Crippen molar-refractivity contribution in [1.82, 2.24) is 15.1 Å². The van der Waals surface area contributed by atoms with Gasteiger partial charge >= 0.3 is 0 Å². The molecular formula is C21H21F3N4O3. The first-order valence-electron chi connectivity index (χ1n) is 9.63. The van der Waals surface area contributed by atoms with Crippen LogP contribution in [0.25, 0.3) is 0 Å². The monoisotopic (exact) mass is 434 g/mol. The van der Waals surface area contributed by atoms with Crippen LogP contribution in [0.3, 0.4) is 0 Å². The fourth-order valence-corrected chi connectivity index (χ4v) is 3.45. The second kappa shape index (κ2) is 9.61. The van der Waals surface area contributed by atoms with E-state index in [0.717, 1.165) is 28.0 Å². The highest BCUT2D eigenvalue weighted by atomic mass is 19.1. The Hall–Kier alpha value is -3.40. The molecule has 3 amide bonds. The molecule has 10 heteroatoms. The summed E-state index contributed by atoms with van der Waals surface area (Å²) in [6, 6.07) is 7.28. The average Bonchev–Trinajstić information content (AvgIpc) is 2.75. The number of rotatable bonds is 5. The van der Waals surface area contributed by atoms with Crippen LogP contribution < -0.4 is 11.1 Å². The van der Waals surface area contributed by atoms with E-state index in [-0.39, 0.29) is 37.3 Å². The number of carbonyl (C=O) groups excluding carboxylic acids is 3. The zero-order chi connectivity index (χ0) is 22.5. The van der Waals surface area contributed by atoms with Crippen LogP contribution in [-0.4, -0.2) is 59.9 Å². The lowest BCUT2D eigenvalue weighted by Crippen LogP contribution is -2.63. The number of hydrogen-bond acceptors (Lipinski definition) is 4. The lowest BCUT2D eigenvalue weighted by molar-refractivity contribution is -0.132. The topological polar surface area (TPSA) is 95.7 Å². The molecule has 2 aromatic carbocycles. The number of amides is 3. The van der Waals surface area contributed by atoms with Crippen molar-refractivity contribution in [3.63, 3.8) is 0 Å². The van der Waals surface area contributed by atoms with Crippen LogP contribution in [0, 0.1) is 17.5 Å². The Bertz CT molecular complexity index is 981. The molecule has 2 aromatic rings. The first-order chi connectivity index (χ1) is 14.8. The van der Waals surface area contributed by atoms with Gasteiger partial charge in [-0.1, -0.05) is 6.07 Å². The fraction of sp³-hybridized carbons (Fsp3) is 0.286. The van der Waals surface area contributed by atoms with Crippen LogP contribution in [0.4, 0.5) is 13.2 Å². The minimum atomic E-state index is -1.39. The van der Waals surface area contributed by atoms with Crippen molar-refractivity contribution in [3.8, 4) is 0 Å². The van der Waals surface area contributed by atoms with Crippen molar-refractivity contribution >= 4 is 17.7 Å². The third-order valence-electron chi connectivity index (χ3n) is 4.77. The van der Waals surface area contributed by atoms with Gasteiger partial charge in [0.1, 0.15) is 17.5 Å². The lowest BCUT2D eigenvalue weighted by atomic mass is 10.1. The molecule has 0 saturated carbocycles. The van der Waals surface area contributed by atoms with Crippen molar-refractivity contribution in [3.05, 3.63) is 71.0 Å². The van der Waals surface area contributed by atoms with E-state index < -0.39 is 41.3 Å². The zero-order valence-electron chi connectivity index (χ0n) is 16.5. The Labute approximate surface area is 176 Å². The van der Waals surface area contributed by atoms with Gasteiger partial charge in [0.2, 0.25) is 0 Å². The van der Waals surface area contributed by atoms with Crippen LogP contribution in [-0.2, 0) is 4.79 Å². The Morgan fingerprint density at radius 1 is 0.903 bits per heavy atom. The molecule has 1 fully saturated rings. The van der Waals surface area contributed by atoms with Crippen LogP contribution >= 0.6 is 0 Å². The van der Waals surface area contributed by atoms with E-state index in [2.05, 4.69) is 5.32 Å². The van der Waals surface area contributed by atoms with Gasteiger partial charge in [0, 0.05) is 43.4 Å². The summed E-state index contributed by atoms with van der Waals surface area (Å²) in [5.74, 6) is -4.68. The highest BCUT2D eigenvalue weighted by molar-refractivity contribution is 6.01. The molecular weight excluding hydrogens is 413 g/mol. The summed E-state index contributed by atoms with van der Waals surface area (Å²) < 4.78 is 40.9. The number of nitrogens with two attached hydrogens (primary N) is 1. The predicted molar refractivity (Wildman–Crippen MR) is 105 cm³/mol. The molecule has 1 heterocycles. The highest BCUT2D eigenvalue weighted by Gasteiger charge is 2.40. The number of nitrogens with zero attached hydrogens (tertiary/aromatic N) is 2. The normalized spacial score (nSPS) is 16.2. The summed E-state index contributed by atoms with van der Waals surface area (Å²) in [6.07, 6.45) is -1.08. The minimum Gasteiger partial charge on any atom is -0.351 e. The van der Waals surface area contributed by atoms with E-state index in [1.54, 1.807) is 0 Å². The molecule has 3 rings (SSSR count). The van der Waals surface area contributed by atoms with E-state index >= 15 is 0 Å². The molecule has 164 valence electrons. The zero-order valence-corrected chi connectivity index (χ0v) is 16.5. The van der Waals surface area contributed by atoms with E-state index in [4.69, 9.17) is 5.73 Å². The molecule has 31 heavy (non-hydrogen) atoms. The molecule has 1 atom stereocenters. The quantitative estimate of drug-likeness (QED) is 0.746. The van der Waals surface area contributed by atoms with Gasteiger partial charge in [0.25, 0.3) is 17.7 Å². The van der Waals surface area contributed by atoms with E-state index in [9.17, 15) is 27.6 Å². The van der Waals surface area contributed by atoms with Crippen molar-refractivity contribution in [2.24, 2.45) is 5.73 Å². The molecule has 3 N–H and O–H groups in total. The second-order valence-corrected chi connectivity index (χ2v) is 6.97. The van der Waals surface area contributed by atoms with Gasteiger partial charge in [-0.2, -0.15) is 0 Å². The summed E-state index contributed by atoms with van der Waals surface area (Å²) in [5, 5.41) is 2.53. The van der Waals surface area contributed by atoms with Crippen molar-refractivity contribution in [1.29, 1.82) is 0 Å². The van der Waals surface area contributed by atoms with Crippen LogP contribution in [0.1, 0.15) is 27.1 Å². The predicted octanol–water partition coefficient (Wildman–Crippen LogP) is 1.49. The third kappa shape index (κ3) is 5.02. The fourth-order valence-electron chi connectivity index (χ4n) is 3.45. The van der Waals surface area contributed by atoms with Crippen LogP contribution in [0.5, 0.6) is 0 Å². The van der Waals surface area contributed by atoms with Gasteiger partial charge in [0.05, 0.1) is 0 Å². The number of nitrogens with one attached hydrogen (secondary N) is 1. The highest BCUT2D eigenvalue weighted by Crippen LogP contribution is 2.22. The SMILES string of the molecule is NCCNC(=O)C1N(C(=O)c2cccc(F)c2)CCCN1C(=O)c1cc(F)cc(F)c1. The minimum absolute atomic E-state index is 0.00252. The molecule has 7 nitrogen and oxygen atoms in total. The maximum atomic E-state index is 13.6. The number of hydrogen-bond donors (Lipinski definition) is 2. The molecule has 0 radical (unpaired) electrons. The van der Waals surface area contributed by atoms with Gasteiger partial charge in [-0.3, -0.25) is 14.4 Å². The van der Waals surface area contributed by atoms with Gasteiger partial charge < -0.3 is 20.9 Å². The van der Waals surface area contributed by atoms with Crippen LogP contribution in [0.2, 0.25) is 0 Å². The van der Waals surface area contributed by atoms with Gasteiger partial charge in [-0.05, 0) is 36.8 Å². The molecule has 0 aromatic heterocycles. The molecule has 0 aliphatic carbocycles. The first kappa shape index (κ1) is 22.3. The second-order valence-electron chi connectivity index (χ2n) is 6.97. The lowest BCUT2D eigenvalue weighted by Gasteiger charge is -2.42. The van der Waals surface area contributed by atoms with E-state index in [1.807, 2.05) is 0 Å². The average molecular weight is 434 g/mol. The van der Waals surface area contributed by atoms with Crippen LogP contribution in [0.15, 0.2) is 42.5 Å². The van der Waals surface area contributed by atoms with Gasteiger partial charge in [-0.15, -0.1) is 0 Å². The van der Waals surface area contributed by atoms with Crippen molar-refractivity contribution in [2.75, 3.05) is 26.2 Å². The van der Waals surface area contributed by atoms with Gasteiger partial charge in [0.15, 0.2) is 6.17 Å². The molecule has 0 bridgehead atoms. The molecule has 1 saturated heterocycles. The number of halogens is 3. The van der Waals surface area contributed by atoms with E-state index in [1.165, 1.54) is 18.2 Å². The first-order valence-corrected chi connectivity index (χ1v) is 9.63. The number of carbonyl (C=O) groups is 3. The summed E-state index contributed by atoms with van der Waals surface area (Å²) >= 11 is 0. The van der Waals surface area contributed by atoms with E-state index in [0.29, 0.717) is 12.5 Å². The molecule has 1 aliphatic rings. The summed E-state index contributed by atoms with van der Waals surface area (Å²) in [6.45, 7) is 0.412. The third-order valence-corrected chi connectivity index (χ3v) is 4.77. The molecule has 1 unspecified atom stereocenters. The summed E-state index contributed by atoms with van der Waals surface area (Å²) in [4.78, 5) is 41.2. The Kier molecular flexibility index (Phi) is 6.91. The Balaban J connectivity index is 1.98. The Morgan fingerprint density at radius 2 is 1.48 bits per heavy atom.